The van der Waals surface area contributed by atoms with Gasteiger partial charge in [-0.2, -0.15) is 5.10 Å². The molecule has 1 aliphatic carbocycles. The van der Waals surface area contributed by atoms with E-state index in [4.69, 9.17) is 22.2 Å². The highest BCUT2D eigenvalue weighted by atomic mass is 35.5. The van der Waals surface area contributed by atoms with Crippen LogP contribution in [0.2, 0.25) is 5.02 Å². The van der Waals surface area contributed by atoms with Crippen LogP contribution in [0.5, 0.6) is 0 Å². The third kappa shape index (κ3) is 3.98. The standard InChI is InChI=1S/C16H14ClF3N4O2/c17-12-13(15(19)20)22-24(14(12)8-1-2-8)7-11(25)26-23-16(21)9-3-5-10(18)6-4-9/h3-6,8,15H,1-2,7H2,(H2,21,23). The van der Waals surface area contributed by atoms with E-state index in [0.29, 0.717) is 11.3 Å². The van der Waals surface area contributed by atoms with Crippen molar-refractivity contribution in [3.8, 4) is 0 Å². The second-order valence-electron chi connectivity index (χ2n) is 5.76. The molecule has 1 aromatic carbocycles. The SMILES string of the molecule is N/C(=N\OC(=O)Cn1nc(C(F)F)c(Cl)c1C1CC1)c1ccc(F)cc1. The van der Waals surface area contributed by atoms with E-state index in [1.807, 2.05) is 0 Å². The Morgan fingerprint density at radius 3 is 2.62 bits per heavy atom. The minimum atomic E-state index is -2.84. The number of carbonyl (C=O) groups excluding carboxylic acids is 1. The van der Waals surface area contributed by atoms with Gasteiger partial charge in [0.2, 0.25) is 0 Å². The van der Waals surface area contributed by atoms with Crippen molar-refractivity contribution in [3.05, 3.63) is 52.1 Å². The summed E-state index contributed by atoms with van der Waals surface area (Å²) < 4.78 is 39.9. The van der Waals surface area contributed by atoms with Crippen LogP contribution in [0.3, 0.4) is 0 Å². The quantitative estimate of drug-likeness (QED) is 0.357. The van der Waals surface area contributed by atoms with Crippen LogP contribution in [0, 0.1) is 5.82 Å². The van der Waals surface area contributed by atoms with Crippen LogP contribution in [0.25, 0.3) is 0 Å². The van der Waals surface area contributed by atoms with Crippen LogP contribution in [-0.2, 0) is 16.2 Å². The van der Waals surface area contributed by atoms with Gasteiger partial charge >= 0.3 is 5.97 Å². The lowest BCUT2D eigenvalue weighted by atomic mass is 10.2. The number of oxime groups is 1. The number of alkyl halides is 2. The van der Waals surface area contributed by atoms with Crippen molar-refractivity contribution in [2.45, 2.75) is 31.7 Å². The summed E-state index contributed by atoms with van der Waals surface area (Å²) in [6.07, 6.45) is -1.26. The van der Waals surface area contributed by atoms with E-state index < -0.39 is 30.5 Å². The highest BCUT2D eigenvalue weighted by Crippen LogP contribution is 2.45. The van der Waals surface area contributed by atoms with Gasteiger partial charge in [0.1, 0.15) is 18.1 Å². The number of nitrogens with zero attached hydrogens (tertiary/aromatic N) is 3. The van der Waals surface area contributed by atoms with Crippen LogP contribution < -0.4 is 5.73 Å². The van der Waals surface area contributed by atoms with Gasteiger partial charge in [-0.05, 0) is 37.1 Å². The Kier molecular flexibility index (Phi) is 5.17. The summed E-state index contributed by atoms with van der Waals surface area (Å²) in [7, 11) is 0. The molecular weight excluding hydrogens is 373 g/mol. The zero-order valence-corrected chi connectivity index (χ0v) is 14.1. The van der Waals surface area contributed by atoms with Gasteiger partial charge in [-0.25, -0.2) is 18.0 Å². The number of halogens is 4. The zero-order chi connectivity index (χ0) is 18.8. The minimum Gasteiger partial charge on any atom is -0.380 e. The molecule has 6 nitrogen and oxygen atoms in total. The largest absolute Gasteiger partial charge is 0.380 e. The highest BCUT2D eigenvalue weighted by molar-refractivity contribution is 6.32. The molecule has 1 aromatic heterocycles. The van der Waals surface area contributed by atoms with Gasteiger partial charge in [-0.15, -0.1) is 0 Å². The molecule has 0 bridgehead atoms. The number of rotatable bonds is 6. The molecule has 3 rings (SSSR count). The molecule has 1 heterocycles. The summed E-state index contributed by atoms with van der Waals surface area (Å²) in [5, 5.41) is 7.07. The summed E-state index contributed by atoms with van der Waals surface area (Å²) >= 11 is 5.97. The van der Waals surface area contributed by atoms with Crippen molar-refractivity contribution in [2.24, 2.45) is 10.9 Å². The van der Waals surface area contributed by atoms with Crippen molar-refractivity contribution in [1.29, 1.82) is 0 Å². The van der Waals surface area contributed by atoms with E-state index in [0.717, 1.165) is 17.5 Å². The smallest absolute Gasteiger partial charge is 0.356 e. The molecule has 1 aliphatic rings. The zero-order valence-electron chi connectivity index (χ0n) is 13.3. The summed E-state index contributed by atoms with van der Waals surface area (Å²) in [6.45, 7) is -0.432. The molecular formula is C16H14ClF3N4O2. The molecule has 138 valence electrons. The predicted octanol–water partition coefficient (Wildman–Crippen LogP) is 3.35. The molecule has 1 fully saturated rings. The van der Waals surface area contributed by atoms with Crippen LogP contribution in [-0.4, -0.2) is 21.6 Å². The molecule has 26 heavy (non-hydrogen) atoms. The second-order valence-corrected chi connectivity index (χ2v) is 6.14. The fourth-order valence-corrected chi connectivity index (χ4v) is 2.78. The molecule has 0 aliphatic heterocycles. The lowest BCUT2D eigenvalue weighted by molar-refractivity contribution is -0.144. The molecule has 2 aromatic rings. The van der Waals surface area contributed by atoms with Crippen molar-refractivity contribution in [3.63, 3.8) is 0 Å². The number of amidine groups is 1. The molecule has 0 radical (unpaired) electrons. The Balaban J connectivity index is 1.71. The molecule has 0 atom stereocenters. The van der Waals surface area contributed by atoms with E-state index in [-0.39, 0.29) is 16.8 Å². The molecule has 0 amide bonds. The van der Waals surface area contributed by atoms with E-state index >= 15 is 0 Å². The first-order valence-electron chi connectivity index (χ1n) is 7.70. The van der Waals surface area contributed by atoms with Gasteiger partial charge in [0, 0.05) is 11.5 Å². The monoisotopic (exact) mass is 386 g/mol. The topological polar surface area (TPSA) is 82.5 Å². The van der Waals surface area contributed by atoms with Crippen LogP contribution >= 0.6 is 11.6 Å². The summed E-state index contributed by atoms with van der Waals surface area (Å²) in [5.41, 5.74) is 5.85. The van der Waals surface area contributed by atoms with Gasteiger partial charge in [-0.1, -0.05) is 16.8 Å². The molecule has 1 saturated carbocycles. The number of carbonyl (C=O) groups is 1. The van der Waals surface area contributed by atoms with E-state index in [9.17, 15) is 18.0 Å². The normalized spacial score (nSPS) is 14.7. The predicted molar refractivity (Wildman–Crippen MR) is 87.4 cm³/mol. The first-order chi connectivity index (χ1) is 12.4. The van der Waals surface area contributed by atoms with E-state index in [2.05, 4.69) is 10.3 Å². The van der Waals surface area contributed by atoms with Crippen LogP contribution in [0.1, 0.15) is 42.1 Å². The van der Waals surface area contributed by atoms with Crippen LogP contribution in [0.15, 0.2) is 29.4 Å². The minimum absolute atomic E-state index is 0.00286. The molecule has 0 spiro atoms. The van der Waals surface area contributed by atoms with Gasteiger partial charge in [0.25, 0.3) is 6.43 Å². The summed E-state index contributed by atoms with van der Waals surface area (Å²) in [5.74, 6) is -1.43. The Labute approximate surface area is 151 Å². The van der Waals surface area contributed by atoms with Crippen molar-refractivity contribution < 1.29 is 22.8 Å². The summed E-state index contributed by atoms with van der Waals surface area (Å²) in [6, 6.07) is 5.10. The summed E-state index contributed by atoms with van der Waals surface area (Å²) in [4.78, 5) is 16.6. The van der Waals surface area contributed by atoms with Gasteiger partial charge < -0.3 is 10.6 Å². The Hall–Kier alpha value is -2.55. The first-order valence-corrected chi connectivity index (χ1v) is 8.08. The maximum absolute atomic E-state index is 13.0. The van der Waals surface area contributed by atoms with Gasteiger partial charge in [-0.3, -0.25) is 4.68 Å². The number of nitrogens with two attached hydrogens (primary N) is 1. The third-order valence-electron chi connectivity index (χ3n) is 3.79. The number of hydrogen-bond acceptors (Lipinski definition) is 4. The average Bonchev–Trinajstić information content (AvgIpc) is 3.37. The molecule has 0 unspecified atom stereocenters. The fourth-order valence-electron chi connectivity index (χ4n) is 2.40. The Bertz CT molecular complexity index is 848. The Morgan fingerprint density at radius 2 is 2.04 bits per heavy atom. The lowest BCUT2D eigenvalue weighted by Crippen LogP contribution is -2.18. The fraction of sp³-hybridized carbons (Fsp3) is 0.312. The van der Waals surface area contributed by atoms with Crippen molar-refractivity contribution in [1.82, 2.24) is 9.78 Å². The molecule has 10 heteroatoms. The number of benzene rings is 1. The highest BCUT2D eigenvalue weighted by Gasteiger charge is 2.34. The van der Waals surface area contributed by atoms with Crippen molar-refractivity contribution >= 4 is 23.4 Å². The molecule has 2 N–H and O–H groups in total. The van der Waals surface area contributed by atoms with Crippen LogP contribution in [0.4, 0.5) is 13.2 Å². The Morgan fingerprint density at radius 1 is 1.38 bits per heavy atom. The van der Waals surface area contributed by atoms with Crippen molar-refractivity contribution in [2.75, 3.05) is 0 Å². The van der Waals surface area contributed by atoms with Gasteiger partial charge in [0.15, 0.2) is 5.84 Å². The van der Waals surface area contributed by atoms with E-state index in [1.165, 1.54) is 24.3 Å². The second kappa shape index (κ2) is 7.36. The number of hydrogen-bond donors (Lipinski definition) is 1. The maximum atomic E-state index is 13.0. The lowest BCUT2D eigenvalue weighted by Gasteiger charge is -2.05. The maximum Gasteiger partial charge on any atom is 0.356 e. The van der Waals surface area contributed by atoms with E-state index in [1.54, 1.807) is 0 Å². The number of aromatic nitrogens is 2. The third-order valence-corrected chi connectivity index (χ3v) is 4.18. The molecule has 0 saturated heterocycles. The van der Waals surface area contributed by atoms with Gasteiger partial charge in [0.05, 0.1) is 10.7 Å². The first kappa shape index (κ1) is 18.2. The average molecular weight is 387 g/mol.